The van der Waals surface area contributed by atoms with E-state index < -0.39 is 0 Å². The van der Waals surface area contributed by atoms with Crippen LogP contribution in [0.15, 0.2) is 10.6 Å². The Bertz CT molecular complexity index is 349. The van der Waals surface area contributed by atoms with Crippen molar-refractivity contribution in [3.8, 4) is 0 Å². The maximum Gasteiger partial charge on any atom is 0.309 e. The molecule has 1 heterocycles. The summed E-state index contributed by atoms with van der Waals surface area (Å²) in [6, 6.07) is 1.89. The minimum absolute atomic E-state index is 0.0258. The van der Waals surface area contributed by atoms with Gasteiger partial charge in [0.05, 0.1) is 25.3 Å². The highest BCUT2D eigenvalue weighted by Gasteiger charge is 2.20. The smallest absolute Gasteiger partial charge is 0.309 e. The van der Waals surface area contributed by atoms with Crippen molar-refractivity contribution in [3.63, 3.8) is 0 Å². The minimum Gasteiger partial charge on any atom is -0.469 e. The molecular weight excluding hydrogens is 208 g/mol. The number of methoxy groups -OCH3 is 1. The van der Waals surface area contributed by atoms with Gasteiger partial charge < -0.3 is 14.6 Å². The molecule has 0 saturated carbocycles. The van der Waals surface area contributed by atoms with Crippen molar-refractivity contribution < 1.29 is 14.1 Å². The summed E-state index contributed by atoms with van der Waals surface area (Å²) >= 11 is 0. The van der Waals surface area contributed by atoms with Crippen LogP contribution in [0.3, 0.4) is 0 Å². The molecular formula is C11H18N2O3. The van der Waals surface area contributed by atoms with Crippen molar-refractivity contribution in [2.75, 3.05) is 7.11 Å². The highest BCUT2D eigenvalue weighted by molar-refractivity contribution is 5.72. The second-order valence-corrected chi connectivity index (χ2v) is 3.92. The Morgan fingerprint density at radius 2 is 2.31 bits per heavy atom. The van der Waals surface area contributed by atoms with E-state index in [1.807, 2.05) is 26.8 Å². The minimum atomic E-state index is -0.214. The van der Waals surface area contributed by atoms with E-state index in [9.17, 15) is 4.79 Å². The van der Waals surface area contributed by atoms with E-state index in [-0.39, 0.29) is 17.9 Å². The topological polar surface area (TPSA) is 64.4 Å². The Morgan fingerprint density at radius 1 is 1.62 bits per heavy atom. The van der Waals surface area contributed by atoms with E-state index in [0.717, 1.165) is 11.5 Å². The van der Waals surface area contributed by atoms with Gasteiger partial charge in [0, 0.05) is 12.1 Å². The molecule has 0 aromatic carbocycles. The van der Waals surface area contributed by atoms with E-state index in [1.165, 1.54) is 7.11 Å². The van der Waals surface area contributed by atoms with Crippen LogP contribution in [0.5, 0.6) is 0 Å². The van der Waals surface area contributed by atoms with Crippen LogP contribution in [0.2, 0.25) is 0 Å². The summed E-state index contributed by atoms with van der Waals surface area (Å²) in [6.45, 7) is 6.19. The molecule has 1 aromatic heterocycles. The van der Waals surface area contributed by atoms with E-state index in [4.69, 9.17) is 4.52 Å². The molecule has 0 aliphatic rings. The zero-order valence-corrected chi connectivity index (χ0v) is 10.1. The number of carbonyl (C=O) groups excluding carboxylic acids is 1. The lowest BCUT2D eigenvalue weighted by Crippen LogP contribution is -2.36. The highest BCUT2D eigenvalue weighted by atomic mass is 16.5. The van der Waals surface area contributed by atoms with Gasteiger partial charge >= 0.3 is 5.97 Å². The van der Waals surface area contributed by atoms with Crippen LogP contribution in [0.1, 0.15) is 25.3 Å². The standard InChI is InChI=1S/C11H18N2O3/c1-7-5-10(16-13-7)6-12-9(3)8(2)11(14)15-4/h5,8-9,12H,6H2,1-4H3. The second-order valence-electron chi connectivity index (χ2n) is 3.92. The Morgan fingerprint density at radius 3 is 2.81 bits per heavy atom. The molecule has 1 N–H and O–H groups in total. The molecule has 0 radical (unpaired) electrons. The molecule has 2 unspecified atom stereocenters. The molecule has 90 valence electrons. The maximum atomic E-state index is 11.3. The van der Waals surface area contributed by atoms with Crippen LogP contribution in [0.4, 0.5) is 0 Å². The molecule has 2 atom stereocenters. The summed E-state index contributed by atoms with van der Waals surface area (Å²) in [5.41, 5.74) is 0.852. The van der Waals surface area contributed by atoms with E-state index >= 15 is 0 Å². The van der Waals surface area contributed by atoms with Gasteiger partial charge in [-0.2, -0.15) is 0 Å². The normalized spacial score (nSPS) is 14.5. The Kier molecular flexibility index (Phi) is 4.49. The third kappa shape index (κ3) is 3.34. The van der Waals surface area contributed by atoms with E-state index in [1.54, 1.807) is 0 Å². The molecule has 1 rings (SSSR count). The van der Waals surface area contributed by atoms with Gasteiger partial charge in [0.2, 0.25) is 0 Å². The fourth-order valence-corrected chi connectivity index (χ4v) is 1.33. The van der Waals surface area contributed by atoms with Crippen LogP contribution in [-0.2, 0) is 16.1 Å². The number of esters is 1. The summed E-state index contributed by atoms with van der Waals surface area (Å²) in [7, 11) is 1.39. The molecule has 0 aliphatic carbocycles. The molecule has 0 amide bonds. The molecule has 0 aliphatic heterocycles. The lowest BCUT2D eigenvalue weighted by Gasteiger charge is -2.18. The predicted octanol–water partition coefficient (Wildman–Crippen LogP) is 1.27. The van der Waals surface area contributed by atoms with Gasteiger partial charge in [0.25, 0.3) is 0 Å². The molecule has 0 saturated heterocycles. The number of aromatic nitrogens is 1. The van der Waals surface area contributed by atoms with Crippen molar-refractivity contribution in [2.24, 2.45) is 5.92 Å². The van der Waals surface area contributed by atoms with Crippen molar-refractivity contribution >= 4 is 5.97 Å². The molecule has 0 fully saturated rings. The monoisotopic (exact) mass is 226 g/mol. The van der Waals surface area contributed by atoms with Crippen LogP contribution in [0.25, 0.3) is 0 Å². The molecule has 0 spiro atoms. The zero-order valence-electron chi connectivity index (χ0n) is 10.1. The van der Waals surface area contributed by atoms with Crippen LogP contribution in [-0.4, -0.2) is 24.3 Å². The number of aryl methyl sites for hydroxylation is 1. The Hall–Kier alpha value is -1.36. The van der Waals surface area contributed by atoms with Crippen molar-refractivity contribution in [3.05, 3.63) is 17.5 Å². The number of carbonyl (C=O) groups is 1. The fourth-order valence-electron chi connectivity index (χ4n) is 1.33. The van der Waals surface area contributed by atoms with E-state index in [2.05, 4.69) is 15.2 Å². The van der Waals surface area contributed by atoms with Gasteiger partial charge in [-0.05, 0) is 13.8 Å². The molecule has 5 heteroatoms. The summed E-state index contributed by atoms with van der Waals surface area (Å²) < 4.78 is 9.73. The first kappa shape index (κ1) is 12.7. The summed E-state index contributed by atoms with van der Waals surface area (Å²) in [5.74, 6) is 0.365. The largest absolute Gasteiger partial charge is 0.469 e. The van der Waals surface area contributed by atoms with Gasteiger partial charge in [0.1, 0.15) is 0 Å². The Labute approximate surface area is 95.1 Å². The van der Waals surface area contributed by atoms with Gasteiger partial charge in [-0.1, -0.05) is 12.1 Å². The summed E-state index contributed by atoms with van der Waals surface area (Å²) in [6.07, 6.45) is 0. The zero-order chi connectivity index (χ0) is 12.1. The van der Waals surface area contributed by atoms with Gasteiger partial charge in [-0.15, -0.1) is 0 Å². The Balaban J connectivity index is 2.40. The second kappa shape index (κ2) is 5.65. The molecule has 5 nitrogen and oxygen atoms in total. The number of nitrogens with zero attached hydrogens (tertiary/aromatic N) is 1. The van der Waals surface area contributed by atoms with Crippen LogP contribution >= 0.6 is 0 Å². The SMILES string of the molecule is COC(=O)C(C)C(C)NCc1cc(C)no1. The van der Waals surface area contributed by atoms with Gasteiger partial charge in [0.15, 0.2) is 5.76 Å². The highest BCUT2D eigenvalue weighted by Crippen LogP contribution is 2.07. The van der Waals surface area contributed by atoms with Crippen LogP contribution in [0, 0.1) is 12.8 Å². The molecule has 0 bridgehead atoms. The number of rotatable bonds is 5. The third-order valence-electron chi connectivity index (χ3n) is 2.60. The number of hydrogen-bond donors (Lipinski definition) is 1. The van der Waals surface area contributed by atoms with Gasteiger partial charge in [-0.25, -0.2) is 0 Å². The predicted molar refractivity (Wildman–Crippen MR) is 58.7 cm³/mol. The lowest BCUT2D eigenvalue weighted by molar-refractivity contribution is -0.145. The fraction of sp³-hybridized carbons (Fsp3) is 0.636. The average molecular weight is 226 g/mol. The van der Waals surface area contributed by atoms with Crippen LogP contribution < -0.4 is 5.32 Å². The third-order valence-corrected chi connectivity index (χ3v) is 2.60. The van der Waals surface area contributed by atoms with Gasteiger partial charge in [-0.3, -0.25) is 4.79 Å². The average Bonchev–Trinajstić information content (AvgIpc) is 2.69. The van der Waals surface area contributed by atoms with E-state index in [0.29, 0.717) is 6.54 Å². The number of nitrogens with one attached hydrogen (secondary N) is 1. The lowest BCUT2D eigenvalue weighted by atomic mass is 10.0. The first-order valence-corrected chi connectivity index (χ1v) is 5.28. The quantitative estimate of drug-likeness (QED) is 0.766. The number of hydrogen-bond acceptors (Lipinski definition) is 5. The van der Waals surface area contributed by atoms with Crippen molar-refractivity contribution in [2.45, 2.75) is 33.4 Å². The summed E-state index contributed by atoms with van der Waals surface area (Å²) in [4.78, 5) is 11.3. The maximum absolute atomic E-state index is 11.3. The summed E-state index contributed by atoms with van der Waals surface area (Å²) in [5, 5.41) is 6.98. The first-order chi connectivity index (χ1) is 7.54. The molecule has 16 heavy (non-hydrogen) atoms. The van der Waals surface area contributed by atoms with Crippen molar-refractivity contribution in [1.29, 1.82) is 0 Å². The number of ether oxygens (including phenoxy) is 1. The first-order valence-electron chi connectivity index (χ1n) is 5.28. The van der Waals surface area contributed by atoms with Crippen molar-refractivity contribution in [1.82, 2.24) is 10.5 Å². The molecule has 1 aromatic rings.